The third-order valence-corrected chi connectivity index (χ3v) is 4.05. The number of hydrogen-bond acceptors (Lipinski definition) is 4. The van der Waals surface area contributed by atoms with Crippen molar-refractivity contribution in [3.8, 4) is 11.5 Å². The Morgan fingerprint density at radius 1 is 1.05 bits per heavy atom. The van der Waals surface area contributed by atoms with E-state index in [4.69, 9.17) is 9.47 Å². The van der Waals surface area contributed by atoms with E-state index in [1.807, 2.05) is 36.7 Å². The first-order valence-electron chi connectivity index (χ1n) is 7.76. The molecule has 0 spiro atoms. The second kappa shape index (κ2) is 7.27. The van der Waals surface area contributed by atoms with Gasteiger partial charge in [0.1, 0.15) is 6.10 Å². The van der Waals surface area contributed by atoms with E-state index in [-0.39, 0.29) is 6.10 Å². The highest BCUT2D eigenvalue weighted by Gasteiger charge is 2.21. The van der Waals surface area contributed by atoms with Crippen LogP contribution in [0.3, 0.4) is 0 Å². The zero-order valence-corrected chi connectivity index (χ0v) is 12.9. The molecule has 116 valence electrons. The van der Waals surface area contributed by atoms with Gasteiger partial charge in [0.2, 0.25) is 0 Å². The fourth-order valence-electron chi connectivity index (χ4n) is 2.83. The molecular formula is C18H22N2O2. The predicted octanol–water partition coefficient (Wildman–Crippen LogP) is 3.13. The van der Waals surface area contributed by atoms with E-state index in [0.29, 0.717) is 0 Å². The van der Waals surface area contributed by atoms with Gasteiger partial charge in [-0.3, -0.25) is 9.88 Å². The van der Waals surface area contributed by atoms with Crippen molar-refractivity contribution in [3.05, 3.63) is 54.4 Å². The molecule has 0 atom stereocenters. The number of rotatable bonds is 5. The number of pyridine rings is 1. The lowest BCUT2D eigenvalue weighted by molar-refractivity contribution is 0.0943. The SMILES string of the molecule is COc1ccccc1OC1CCN(Cc2ccncc2)CC1. The lowest BCUT2D eigenvalue weighted by atomic mass is 10.1. The maximum absolute atomic E-state index is 6.11. The second-order valence-corrected chi connectivity index (χ2v) is 5.60. The minimum Gasteiger partial charge on any atom is -0.493 e. The van der Waals surface area contributed by atoms with Crippen LogP contribution in [0.1, 0.15) is 18.4 Å². The molecule has 1 aromatic heterocycles. The van der Waals surface area contributed by atoms with E-state index in [9.17, 15) is 0 Å². The van der Waals surface area contributed by atoms with Crippen LogP contribution in [0.2, 0.25) is 0 Å². The Kier molecular flexibility index (Phi) is 4.91. The molecule has 0 unspecified atom stereocenters. The van der Waals surface area contributed by atoms with Gasteiger partial charge in [0.05, 0.1) is 7.11 Å². The van der Waals surface area contributed by atoms with Gasteiger partial charge in [-0.05, 0) is 42.7 Å². The standard InChI is InChI=1S/C18H22N2O2/c1-21-17-4-2-3-5-18(17)22-16-8-12-20(13-9-16)14-15-6-10-19-11-7-15/h2-7,10-11,16H,8-9,12-14H2,1H3. The fourth-order valence-corrected chi connectivity index (χ4v) is 2.83. The summed E-state index contributed by atoms with van der Waals surface area (Å²) in [5.74, 6) is 1.65. The number of hydrogen-bond donors (Lipinski definition) is 0. The van der Waals surface area contributed by atoms with Crippen LogP contribution >= 0.6 is 0 Å². The summed E-state index contributed by atoms with van der Waals surface area (Å²) in [6.07, 6.45) is 6.07. The molecule has 1 saturated heterocycles. The van der Waals surface area contributed by atoms with Gasteiger partial charge in [0.15, 0.2) is 11.5 Å². The van der Waals surface area contributed by atoms with E-state index in [1.165, 1.54) is 5.56 Å². The first-order chi connectivity index (χ1) is 10.8. The molecule has 4 nitrogen and oxygen atoms in total. The normalized spacial score (nSPS) is 16.4. The van der Waals surface area contributed by atoms with E-state index in [1.54, 1.807) is 7.11 Å². The fraction of sp³-hybridized carbons (Fsp3) is 0.389. The van der Waals surface area contributed by atoms with Crippen molar-refractivity contribution in [2.75, 3.05) is 20.2 Å². The Balaban J connectivity index is 1.51. The highest BCUT2D eigenvalue weighted by Crippen LogP contribution is 2.29. The monoisotopic (exact) mass is 298 g/mol. The van der Waals surface area contributed by atoms with Crippen LogP contribution in [-0.4, -0.2) is 36.2 Å². The number of likely N-dealkylation sites (tertiary alicyclic amines) is 1. The predicted molar refractivity (Wildman–Crippen MR) is 86.2 cm³/mol. The van der Waals surface area contributed by atoms with Crippen molar-refractivity contribution in [1.29, 1.82) is 0 Å². The van der Waals surface area contributed by atoms with Gasteiger partial charge in [-0.25, -0.2) is 0 Å². The first kappa shape index (κ1) is 14.9. The Labute approximate surface area is 131 Å². The van der Waals surface area contributed by atoms with Gasteiger partial charge in [-0.15, -0.1) is 0 Å². The summed E-state index contributed by atoms with van der Waals surface area (Å²) < 4.78 is 11.5. The van der Waals surface area contributed by atoms with Gasteiger partial charge in [-0.1, -0.05) is 12.1 Å². The van der Waals surface area contributed by atoms with Crippen molar-refractivity contribution >= 4 is 0 Å². The second-order valence-electron chi connectivity index (χ2n) is 5.60. The Morgan fingerprint density at radius 2 is 1.73 bits per heavy atom. The molecule has 1 fully saturated rings. The summed E-state index contributed by atoms with van der Waals surface area (Å²) in [5.41, 5.74) is 1.32. The third kappa shape index (κ3) is 3.77. The molecule has 22 heavy (non-hydrogen) atoms. The highest BCUT2D eigenvalue weighted by molar-refractivity contribution is 5.39. The summed E-state index contributed by atoms with van der Waals surface area (Å²) in [6.45, 7) is 3.11. The maximum Gasteiger partial charge on any atom is 0.161 e. The molecule has 1 aliphatic heterocycles. The number of piperidine rings is 1. The summed E-state index contributed by atoms with van der Waals surface area (Å²) in [6, 6.07) is 12.0. The summed E-state index contributed by atoms with van der Waals surface area (Å²) in [7, 11) is 1.68. The highest BCUT2D eigenvalue weighted by atomic mass is 16.5. The minimum absolute atomic E-state index is 0.269. The smallest absolute Gasteiger partial charge is 0.161 e. The summed E-state index contributed by atoms with van der Waals surface area (Å²) >= 11 is 0. The van der Waals surface area contributed by atoms with Crippen molar-refractivity contribution in [2.24, 2.45) is 0 Å². The minimum atomic E-state index is 0.269. The lowest BCUT2D eigenvalue weighted by Crippen LogP contribution is -2.37. The van der Waals surface area contributed by atoms with E-state index in [2.05, 4.69) is 22.0 Å². The summed E-state index contributed by atoms with van der Waals surface area (Å²) in [5, 5.41) is 0. The van der Waals surface area contributed by atoms with Crippen LogP contribution in [0.15, 0.2) is 48.8 Å². The number of ether oxygens (including phenoxy) is 2. The number of nitrogens with zero attached hydrogens (tertiary/aromatic N) is 2. The molecule has 0 amide bonds. The number of aromatic nitrogens is 1. The van der Waals surface area contributed by atoms with Crippen LogP contribution in [0, 0.1) is 0 Å². The number of benzene rings is 1. The van der Waals surface area contributed by atoms with Crippen LogP contribution in [0.25, 0.3) is 0 Å². The largest absolute Gasteiger partial charge is 0.493 e. The van der Waals surface area contributed by atoms with Crippen LogP contribution < -0.4 is 9.47 Å². The average molecular weight is 298 g/mol. The van der Waals surface area contributed by atoms with Crippen LogP contribution in [-0.2, 0) is 6.54 Å². The molecule has 1 aliphatic rings. The van der Waals surface area contributed by atoms with E-state index in [0.717, 1.165) is 44.0 Å². The van der Waals surface area contributed by atoms with Crippen molar-refractivity contribution in [3.63, 3.8) is 0 Å². The third-order valence-electron chi connectivity index (χ3n) is 4.05. The number of para-hydroxylation sites is 2. The Hall–Kier alpha value is -2.07. The molecule has 0 aliphatic carbocycles. The van der Waals surface area contributed by atoms with Gasteiger partial charge in [0, 0.05) is 32.0 Å². The van der Waals surface area contributed by atoms with Gasteiger partial charge in [-0.2, -0.15) is 0 Å². The maximum atomic E-state index is 6.11. The first-order valence-corrected chi connectivity index (χ1v) is 7.76. The molecule has 1 aromatic carbocycles. The molecular weight excluding hydrogens is 276 g/mol. The zero-order valence-electron chi connectivity index (χ0n) is 12.9. The van der Waals surface area contributed by atoms with Gasteiger partial charge < -0.3 is 9.47 Å². The van der Waals surface area contributed by atoms with Crippen molar-refractivity contribution in [1.82, 2.24) is 9.88 Å². The number of methoxy groups -OCH3 is 1. The quantitative estimate of drug-likeness (QED) is 0.849. The molecule has 2 aromatic rings. The molecule has 4 heteroatoms. The summed E-state index contributed by atoms with van der Waals surface area (Å²) in [4.78, 5) is 6.53. The van der Waals surface area contributed by atoms with Crippen LogP contribution in [0.4, 0.5) is 0 Å². The van der Waals surface area contributed by atoms with Gasteiger partial charge >= 0.3 is 0 Å². The zero-order chi connectivity index (χ0) is 15.2. The Morgan fingerprint density at radius 3 is 2.41 bits per heavy atom. The van der Waals surface area contributed by atoms with Gasteiger partial charge in [0.25, 0.3) is 0 Å². The van der Waals surface area contributed by atoms with Crippen molar-refractivity contribution in [2.45, 2.75) is 25.5 Å². The lowest BCUT2D eigenvalue weighted by Gasteiger charge is -2.32. The molecule has 0 saturated carbocycles. The molecule has 3 rings (SSSR count). The average Bonchev–Trinajstić information content (AvgIpc) is 2.58. The van der Waals surface area contributed by atoms with Crippen molar-refractivity contribution < 1.29 is 9.47 Å². The molecule has 0 N–H and O–H groups in total. The Bertz CT molecular complexity index is 581. The van der Waals surface area contributed by atoms with E-state index >= 15 is 0 Å². The topological polar surface area (TPSA) is 34.6 Å². The van der Waals surface area contributed by atoms with Crippen LogP contribution in [0.5, 0.6) is 11.5 Å². The van der Waals surface area contributed by atoms with E-state index < -0.39 is 0 Å². The molecule has 0 radical (unpaired) electrons. The molecule has 2 heterocycles. The molecule has 0 bridgehead atoms.